The van der Waals surface area contributed by atoms with E-state index >= 15 is 0 Å². The predicted molar refractivity (Wildman–Crippen MR) is 134 cm³/mol. The Balaban J connectivity index is 1.32. The van der Waals surface area contributed by atoms with Gasteiger partial charge in [0, 0.05) is 12.1 Å². The number of ketones is 1. The fraction of sp³-hybridized carbons (Fsp3) is 0.519. The van der Waals surface area contributed by atoms with Gasteiger partial charge < -0.3 is 54.7 Å². The summed E-state index contributed by atoms with van der Waals surface area (Å²) in [5.41, 5.74) is 0.636. The van der Waals surface area contributed by atoms with E-state index in [1.54, 1.807) is 12.1 Å². The highest BCUT2D eigenvalue weighted by molar-refractivity contribution is 6.02. The minimum absolute atomic E-state index is 0.00894. The van der Waals surface area contributed by atoms with Crippen molar-refractivity contribution in [2.24, 2.45) is 0 Å². The van der Waals surface area contributed by atoms with E-state index in [1.807, 2.05) is 0 Å². The molecule has 0 spiro atoms. The molecular weight excluding hydrogens is 548 g/mol. The maximum atomic E-state index is 12.8. The number of phenolic OH excluding ortho intramolecular Hbond substituents is 2. The summed E-state index contributed by atoms with van der Waals surface area (Å²) in [6.45, 7) is 0.482. The molecule has 3 aliphatic heterocycles. The van der Waals surface area contributed by atoms with Crippen molar-refractivity contribution in [2.45, 2.75) is 74.6 Å². The first-order valence-corrected chi connectivity index (χ1v) is 13.0. The van der Waals surface area contributed by atoms with Crippen molar-refractivity contribution >= 4 is 5.78 Å². The number of benzene rings is 2. The Morgan fingerprint density at radius 1 is 0.927 bits per heavy atom. The summed E-state index contributed by atoms with van der Waals surface area (Å²) in [4.78, 5) is 23.1. The standard InChI is InChI=1S/C27H32O14/c1-11-22(32)24(34)25(35)27(37-11)39-26-20(41-40-19(9-28)23(26)33)10-36-14-6-15(30)21-16(31)8-17(38-18(21)7-14)12-2-4-13(29)5-3-12/h2-7,11,17,19-20,22-30,32-35H,8-10H2,1H3/t11-,17+,19-,20+,22+,23+,24+,25+,26-,27+/m1/s1. The number of hydrogen-bond donors (Lipinski definition) is 7. The fourth-order valence-electron chi connectivity index (χ4n) is 4.95. The van der Waals surface area contributed by atoms with Gasteiger partial charge in [-0.2, -0.15) is 0 Å². The highest BCUT2D eigenvalue weighted by Gasteiger charge is 2.48. The molecule has 0 bridgehead atoms. The van der Waals surface area contributed by atoms with Crippen LogP contribution in [0.15, 0.2) is 36.4 Å². The second kappa shape index (κ2) is 12.1. The fourth-order valence-corrected chi connectivity index (χ4v) is 4.95. The maximum absolute atomic E-state index is 12.8. The Morgan fingerprint density at radius 3 is 2.34 bits per heavy atom. The van der Waals surface area contributed by atoms with Crippen LogP contribution in [0.2, 0.25) is 0 Å². The molecule has 0 unspecified atom stereocenters. The number of carbonyl (C=O) groups excluding carboxylic acids is 1. The molecule has 0 aromatic heterocycles. The predicted octanol–water partition coefficient (Wildman–Crippen LogP) is -0.552. The number of fused-ring (bicyclic) bond motifs is 1. The maximum Gasteiger partial charge on any atom is 0.187 e. The monoisotopic (exact) mass is 580 g/mol. The highest BCUT2D eigenvalue weighted by atomic mass is 17.2. The van der Waals surface area contributed by atoms with E-state index in [9.17, 15) is 40.5 Å². The lowest BCUT2D eigenvalue weighted by molar-refractivity contribution is -0.434. The summed E-state index contributed by atoms with van der Waals surface area (Å²) in [6, 6.07) is 8.79. The molecule has 14 heteroatoms. The van der Waals surface area contributed by atoms with Crippen LogP contribution < -0.4 is 9.47 Å². The first-order valence-electron chi connectivity index (χ1n) is 13.0. The Labute approximate surface area is 233 Å². The molecule has 0 radical (unpaired) electrons. The molecule has 2 saturated heterocycles. The van der Waals surface area contributed by atoms with E-state index in [4.69, 9.17) is 28.7 Å². The van der Waals surface area contributed by atoms with E-state index in [0.29, 0.717) is 5.56 Å². The van der Waals surface area contributed by atoms with Gasteiger partial charge in [-0.1, -0.05) is 12.1 Å². The van der Waals surface area contributed by atoms with Crippen molar-refractivity contribution in [1.29, 1.82) is 0 Å². The van der Waals surface area contributed by atoms with E-state index < -0.39 is 67.8 Å². The Morgan fingerprint density at radius 2 is 1.63 bits per heavy atom. The Kier molecular flexibility index (Phi) is 8.65. The molecule has 0 saturated carbocycles. The van der Waals surface area contributed by atoms with Crippen molar-refractivity contribution < 1.29 is 69.3 Å². The molecule has 2 fully saturated rings. The van der Waals surface area contributed by atoms with Crippen LogP contribution >= 0.6 is 0 Å². The highest BCUT2D eigenvalue weighted by Crippen LogP contribution is 2.42. The van der Waals surface area contributed by atoms with Crippen molar-refractivity contribution in [3.05, 3.63) is 47.5 Å². The molecule has 10 atom stereocenters. The average molecular weight is 581 g/mol. The van der Waals surface area contributed by atoms with Crippen LogP contribution in [-0.2, 0) is 19.2 Å². The van der Waals surface area contributed by atoms with E-state index in [1.165, 1.54) is 31.2 Å². The molecule has 7 N–H and O–H groups in total. The topological polar surface area (TPSA) is 214 Å². The number of rotatable bonds is 7. The SMILES string of the molecule is C[C@H]1O[C@@H](O[C@H]2[C@@H](O)[C@@H](CO)OO[C@H]2COc2cc(O)c3c(c2)O[C@H](c2ccc(O)cc2)CC3=O)[C@@H](O)[C@@H](O)[C@H]1O. The van der Waals surface area contributed by atoms with Gasteiger partial charge in [-0.05, 0) is 24.6 Å². The summed E-state index contributed by atoms with van der Waals surface area (Å²) >= 11 is 0. The first-order chi connectivity index (χ1) is 19.6. The number of phenols is 2. The van der Waals surface area contributed by atoms with Crippen molar-refractivity contribution in [1.82, 2.24) is 0 Å². The van der Waals surface area contributed by atoms with Crippen LogP contribution in [0.5, 0.6) is 23.0 Å². The molecule has 5 rings (SSSR count). The second-order valence-electron chi connectivity index (χ2n) is 10.2. The number of carbonyl (C=O) groups is 1. The van der Waals surface area contributed by atoms with Gasteiger partial charge in [-0.15, -0.1) is 0 Å². The number of aromatic hydroxyl groups is 2. The molecular formula is C27H32O14. The van der Waals surface area contributed by atoms with Gasteiger partial charge in [0.05, 0.1) is 19.1 Å². The average Bonchev–Trinajstić information content (AvgIpc) is 2.94. The molecule has 0 aliphatic carbocycles. The number of aliphatic hydroxyl groups excluding tert-OH is 5. The number of ether oxygens (including phenoxy) is 4. The third-order valence-corrected chi connectivity index (χ3v) is 7.32. The number of Topliss-reactive ketones (excluding diaryl/α,β-unsaturated/α-hetero) is 1. The minimum Gasteiger partial charge on any atom is -0.508 e. The zero-order chi connectivity index (χ0) is 29.4. The molecule has 0 amide bonds. The van der Waals surface area contributed by atoms with Crippen LogP contribution in [0.3, 0.4) is 0 Å². The number of aliphatic hydroxyl groups is 5. The third-order valence-electron chi connectivity index (χ3n) is 7.32. The first kappa shape index (κ1) is 29.4. The van der Waals surface area contributed by atoms with Crippen molar-refractivity contribution in [2.75, 3.05) is 13.2 Å². The van der Waals surface area contributed by atoms with Crippen LogP contribution in [0.1, 0.15) is 35.4 Å². The summed E-state index contributed by atoms with van der Waals surface area (Å²) in [5, 5.41) is 70.9. The van der Waals surface area contributed by atoms with Crippen molar-refractivity contribution in [3.63, 3.8) is 0 Å². The summed E-state index contributed by atoms with van der Waals surface area (Å²) in [5.74, 6) is -0.521. The lowest BCUT2D eigenvalue weighted by atomic mass is 9.95. The molecule has 3 aliphatic rings. The smallest absolute Gasteiger partial charge is 0.187 e. The Hall–Kier alpha value is -3.05. The van der Waals surface area contributed by atoms with E-state index in [2.05, 4.69) is 0 Å². The van der Waals surface area contributed by atoms with Crippen LogP contribution in [0.4, 0.5) is 0 Å². The van der Waals surface area contributed by atoms with Gasteiger partial charge in [0.1, 0.15) is 77.9 Å². The van der Waals surface area contributed by atoms with Gasteiger partial charge >= 0.3 is 0 Å². The lowest BCUT2D eigenvalue weighted by Crippen LogP contribution is -2.62. The van der Waals surface area contributed by atoms with E-state index in [-0.39, 0.29) is 47.4 Å². The van der Waals surface area contributed by atoms with Gasteiger partial charge in [-0.25, -0.2) is 9.78 Å². The lowest BCUT2D eigenvalue weighted by Gasteiger charge is -2.44. The molecule has 3 heterocycles. The van der Waals surface area contributed by atoms with Crippen LogP contribution in [-0.4, -0.2) is 110 Å². The minimum atomic E-state index is -1.67. The quantitative estimate of drug-likeness (QED) is 0.205. The van der Waals surface area contributed by atoms with Gasteiger partial charge in [0.2, 0.25) is 0 Å². The summed E-state index contributed by atoms with van der Waals surface area (Å²) in [6.07, 6.45) is -12.9. The summed E-state index contributed by atoms with van der Waals surface area (Å²) < 4.78 is 23.0. The third kappa shape index (κ3) is 5.97. The molecule has 2 aromatic rings. The normalized spacial score (nSPS) is 35.4. The molecule has 14 nitrogen and oxygen atoms in total. The van der Waals surface area contributed by atoms with Gasteiger partial charge in [-0.3, -0.25) is 4.79 Å². The van der Waals surface area contributed by atoms with Gasteiger partial charge in [0.15, 0.2) is 18.2 Å². The zero-order valence-electron chi connectivity index (χ0n) is 21.8. The van der Waals surface area contributed by atoms with Gasteiger partial charge in [0.25, 0.3) is 0 Å². The number of hydrogen-bond acceptors (Lipinski definition) is 14. The van der Waals surface area contributed by atoms with Crippen LogP contribution in [0, 0.1) is 0 Å². The molecule has 41 heavy (non-hydrogen) atoms. The van der Waals surface area contributed by atoms with E-state index in [0.717, 1.165) is 0 Å². The zero-order valence-corrected chi connectivity index (χ0v) is 21.8. The van der Waals surface area contributed by atoms with Crippen LogP contribution in [0.25, 0.3) is 0 Å². The summed E-state index contributed by atoms with van der Waals surface area (Å²) in [7, 11) is 0. The largest absolute Gasteiger partial charge is 0.508 e. The second-order valence-corrected chi connectivity index (χ2v) is 10.2. The molecule has 224 valence electrons. The molecule has 2 aromatic carbocycles. The van der Waals surface area contributed by atoms with Crippen molar-refractivity contribution in [3.8, 4) is 23.0 Å². The Bertz CT molecular complexity index is 1220.